The molecular formula is C21H26FN5O4. The summed E-state index contributed by atoms with van der Waals surface area (Å²) in [4.78, 5) is 35.1. The molecule has 0 spiro atoms. The number of benzene rings is 1. The van der Waals surface area contributed by atoms with E-state index < -0.39 is 23.3 Å². The van der Waals surface area contributed by atoms with Crippen LogP contribution < -0.4 is 15.8 Å². The number of likely N-dealkylation sites (tertiary alicyclic amines) is 1. The highest BCUT2D eigenvalue weighted by molar-refractivity contribution is 6.13. The van der Waals surface area contributed by atoms with Gasteiger partial charge < -0.3 is 20.5 Å². The predicted octanol–water partition coefficient (Wildman–Crippen LogP) is 3.21. The molecule has 10 heteroatoms. The van der Waals surface area contributed by atoms with Gasteiger partial charge in [0.05, 0.1) is 18.2 Å². The predicted molar refractivity (Wildman–Crippen MR) is 112 cm³/mol. The van der Waals surface area contributed by atoms with Gasteiger partial charge in [0.15, 0.2) is 0 Å². The van der Waals surface area contributed by atoms with Crippen molar-refractivity contribution in [1.29, 1.82) is 0 Å². The van der Waals surface area contributed by atoms with Gasteiger partial charge in [-0.25, -0.2) is 14.2 Å². The molecule has 1 unspecified atom stereocenters. The van der Waals surface area contributed by atoms with E-state index in [1.54, 1.807) is 25.7 Å². The number of ketones is 1. The Bertz CT molecular complexity index is 992. The first-order valence-corrected chi connectivity index (χ1v) is 9.86. The number of aromatic nitrogens is 2. The molecule has 1 atom stereocenters. The monoisotopic (exact) mass is 431 g/mol. The van der Waals surface area contributed by atoms with E-state index in [1.165, 1.54) is 25.4 Å². The van der Waals surface area contributed by atoms with Crippen LogP contribution in [0.25, 0.3) is 0 Å². The van der Waals surface area contributed by atoms with E-state index in [4.69, 9.17) is 15.2 Å². The molecule has 1 aromatic carbocycles. The highest BCUT2D eigenvalue weighted by Gasteiger charge is 2.32. The molecule has 0 bridgehead atoms. The highest BCUT2D eigenvalue weighted by Crippen LogP contribution is 2.26. The van der Waals surface area contributed by atoms with Gasteiger partial charge in [0.2, 0.25) is 11.7 Å². The first-order chi connectivity index (χ1) is 14.6. The molecule has 1 aliphatic heterocycles. The van der Waals surface area contributed by atoms with Crippen LogP contribution in [-0.4, -0.2) is 52.2 Å². The largest absolute Gasteiger partial charge is 0.496 e. The number of nitrogens with one attached hydrogen (secondary N) is 1. The minimum absolute atomic E-state index is 0.0184. The third kappa shape index (κ3) is 5.19. The van der Waals surface area contributed by atoms with E-state index in [0.717, 1.165) is 12.5 Å². The van der Waals surface area contributed by atoms with Gasteiger partial charge in [0, 0.05) is 12.7 Å². The summed E-state index contributed by atoms with van der Waals surface area (Å²) in [6, 6.07) is 3.63. The molecule has 1 aliphatic rings. The summed E-state index contributed by atoms with van der Waals surface area (Å²) >= 11 is 0. The summed E-state index contributed by atoms with van der Waals surface area (Å²) in [5.74, 6) is -0.828. The fourth-order valence-corrected chi connectivity index (χ4v) is 3.25. The third-order valence-corrected chi connectivity index (χ3v) is 4.65. The summed E-state index contributed by atoms with van der Waals surface area (Å²) in [5, 5.41) is 3.06. The van der Waals surface area contributed by atoms with Crippen LogP contribution in [0.4, 0.5) is 21.0 Å². The Morgan fingerprint density at radius 2 is 2.03 bits per heavy atom. The van der Waals surface area contributed by atoms with Gasteiger partial charge in [-0.3, -0.25) is 9.69 Å². The van der Waals surface area contributed by atoms with Crippen molar-refractivity contribution in [1.82, 2.24) is 14.9 Å². The van der Waals surface area contributed by atoms with Crippen molar-refractivity contribution in [2.24, 2.45) is 0 Å². The minimum atomic E-state index is -0.606. The Morgan fingerprint density at radius 1 is 1.29 bits per heavy atom. The molecule has 3 N–H and O–H groups in total. The SMILES string of the molecule is COc1ccc(F)cc1C(=O)c1cnc(NC2CCCN2C(=O)OC(C)(C)C)nc1N. The number of hydrogen-bond donors (Lipinski definition) is 2. The molecule has 1 aromatic heterocycles. The molecular weight excluding hydrogens is 405 g/mol. The van der Waals surface area contributed by atoms with Crippen molar-refractivity contribution in [3.05, 3.63) is 41.3 Å². The first-order valence-electron chi connectivity index (χ1n) is 9.86. The number of ether oxygens (including phenoxy) is 2. The zero-order chi connectivity index (χ0) is 22.8. The normalized spacial score (nSPS) is 16.2. The topological polar surface area (TPSA) is 120 Å². The van der Waals surface area contributed by atoms with Crippen molar-refractivity contribution < 1.29 is 23.5 Å². The van der Waals surface area contributed by atoms with Crippen molar-refractivity contribution in [3.63, 3.8) is 0 Å². The molecule has 0 aliphatic carbocycles. The standard InChI is InChI=1S/C21H26FN5O4/c1-21(2,3)31-20(29)27-9-5-6-16(27)25-19-24-11-14(18(23)26-19)17(28)13-10-12(22)7-8-15(13)30-4/h7-8,10-11,16H,5-6,9H2,1-4H3,(H3,23,24,25,26). The van der Waals surface area contributed by atoms with Crippen LogP contribution in [0.2, 0.25) is 0 Å². The fourth-order valence-electron chi connectivity index (χ4n) is 3.25. The van der Waals surface area contributed by atoms with E-state index in [0.29, 0.717) is 13.0 Å². The molecule has 1 fully saturated rings. The molecule has 0 saturated carbocycles. The second-order valence-electron chi connectivity index (χ2n) is 8.14. The van der Waals surface area contributed by atoms with Gasteiger partial charge in [-0.2, -0.15) is 4.98 Å². The van der Waals surface area contributed by atoms with Gasteiger partial charge in [0.1, 0.15) is 29.2 Å². The maximum Gasteiger partial charge on any atom is 0.411 e. The molecule has 1 saturated heterocycles. The van der Waals surface area contributed by atoms with Crippen LogP contribution in [-0.2, 0) is 4.74 Å². The zero-order valence-corrected chi connectivity index (χ0v) is 17.9. The van der Waals surface area contributed by atoms with Crippen LogP contribution in [0, 0.1) is 5.82 Å². The number of nitrogens with zero attached hydrogens (tertiary/aromatic N) is 3. The lowest BCUT2D eigenvalue weighted by atomic mass is 10.0. The second kappa shape index (κ2) is 8.75. The average molecular weight is 431 g/mol. The van der Waals surface area contributed by atoms with Gasteiger partial charge in [-0.15, -0.1) is 0 Å². The number of methoxy groups -OCH3 is 1. The maximum atomic E-state index is 13.6. The number of rotatable bonds is 5. The summed E-state index contributed by atoms with van der Waals surface area (Å²) in [6.07, 6.45) is 1.95. The van der Waals surface area contributed by atoms with Crippen LogP contribution in [0.1, 0.15) is 49.5 Å². The number of amides is 1. The van der Waals surface area contributed by atoms with Crippen molar-refractivity contribution in [3.8, 4) is 5.75 Å². The third-order valence-electron chi connectivity index (χ3n) is 4.65. The number of nitrogens with two attached hydrogens (primary N) is 1. The number of nitrogen functional groups attached to an aromatic ring is 1. The van der Waals surface area contributed by atoms with Gasteiger partial charge in [-0.1, -0.05) is 0 Å². The first kappa shape index (κ1) is 22.3. The Hall–Kier alpha value is -3.43. The maximum absolute atomic E-state index is 13.6. The van der Waals surface area contributed by atoms with Gasteiger partial charge in [0.25, 0.3) is 0 Å². The van der Waals surface area contributed by atoms with E-state index >= 15 is 0 Å². The fraction of sp³-hybridized carbons (Fsp3) is 0.429. The Balaban J connectivity index is 1.77. The van der Waals surface area contributed by atoms with Crippen LogP contribution in [0.5, 0.6) is 5.75 Å². The highest BCUT2D eigenvalue weighted by atomic mass is 19.1. The molecule has 0 radical (unpaired) electrons. The van der Waals surface area contributed by atoms with Crippen molar-refractivity contribution >= 4 is 23.6 Å². The van der Waals surface area contributed by atoms with E-state index in [9.17, 15) is 14.0 Å². The zero-order valence-electron chi connectivity index (χ0n) is 17.9. The summed E-state index contributed by atoms with van der Waals surface area (Å²) in [6.45, 7) is 5.95. The molecule has 166 valence electrons. The summed E-state index contributed by atoms with van der Waals surface area (Å²) < 4.78 is 24.2. The van der Waals surface area contributed by atoms with Crippen molar-refractivity contribution in [2.75, 3.05) is 24.7 Å². The second-order valence-corrected chi connectivity index (χ2v) is 8.14. The lowest BCUT2D eigenvalue weighted by Gasteiger charge is -2.29. The van der Waals surface area contributed by atoms with E-state index in [-0.39, 0.29) is 34.8 Å². The number of carbonyl (C=O) groups excluding carboxylic acids is 2. The lowest BCUT2D eigenvalue weighted by molar-refractivity contribution is 0.0244. The Morgan fingerprint density at radius 3 is 2.68 bits per heavy atom. The van der Waals surface area contributed by atoms with Gasteiger partial charge >= 0.3 is 6.09 Å². The van der Waals surface area contributed by atoms with Crippen molar-refractivity contribution in [2.45, 2.75) is 45.4 Å². The minimum Gasteiger partial charge on any atom is -0.496 e. The average Bonchev–Trinajstić information content (AvgIpc) is 3.14. The number of hydrogen-bond acceptors (Lipinski definition) is 8. The lowest BCUT2D eigenvalue weighted by Crippen LogP contribution is -2.43. The number of halogens is 1. The number of anilines is 2. The number of carbonyl (C=O) groups is 2. The molecule has 31 heavy (non-hydrogen) atoms. The molecule has 2 heterocycles. The van der Waals surface area contributed by atoms with Crippen LogP contribution in [0.3, 0.4) is 0 Å². The van der Waals surface area contributed by atoms with E-state index in [2.05, 4.69) is 15.3 Å². The Kier molecular flexibility index (Phi) is 6.28. The molecule has 2 aromatic rings. The van der Waals surface area contributed by atoms with Crippen LogP contribution >= 0.6 is 0 Å². The summed E-state index contributed by atoms with van der Waals surface area (Å²) in [5.41, 5.74) is 5.42. The molecule has 9 nitrogen and oxygen atoms in total. The molecule has 3 rings (SSSR count). The summed E-state index contributed by atoms with van der Waals surface area (Å²) in [7, 11) is 1.38. The van der Waals surface area contributed by atoms with Crippen LogP contribution in [0.15, 0.2) is 24.4 Å². The van der Waals surface area contributed by atoms with Gasteiger partial charge in [-0.05, 0) is 51.8 Å². The smallest absolute Gasteiger partial charge is 0.411 e. The quantitative estimate of drug-likeness (QED) is 0.693. The Labute approximate surface area is 179 Å². The molecule has 1 amide bonds. The van der Waals surface area contributed by atoms with E-state index in [1.807, 2.05) is 0 Å².